The summed E-state index contributed by atoms with van der Waals surface area (Å²) >= 11 is 0. The van der Waals surface area contributed by atoms with Crippen LogP contribution < -0.4 is 16.0 Å². The van der Waals surface area contributed by atoms with Gasteiger partial charge < -0.3 is 10.6 Å². The summed E-state index contributed by atoms with van der Waals surface area (Å²) in [6.45, 7) is 2.58. The molecule has 0 aromatic heterocycles. The molecule has 0 saturated carbocycles. The van der Waals surface area contributed by atoms with Crippen LogP contribution in [0.3, 0.4) is 0 Å². The Morgan fingerprint density at radius 3 is 3.00 bits per heavy atom. The highest BCUT2D eigenvalue weighted by Crippen LogP contribution is 2.30. The van der Waals surface area contributed by atoms with E-state index in [0.29, 0.717) is 17.8 Å². The molecular formula is C13H16FN3O2. The van der Waals surface area contributed by atoms with Gasteiger partial charge in [-0.2, -0.15) is 0 Å². The number of carbonyl (C=O) groups is 2. The van der Waals surface area contributed by atoms with Crippen molar-refractivity contribution in [2.24, 2.45) is 0 Å². The third kappa shape index (κ3) is 3.08. The van der Waals surface area contributed by atoms with Crippen molar-refractivity contribution in [2.75, 3.05) is 18.4 Å². The number of amides is 2. The molecule has 0 bridgehead atoms. The molecule has 1 atom stereocenters. The number of benzene rings is 1. The van der Waals surface area contributed by atoms with Crippen molar-refractivity contribution in [3.63, 3.8) is 0 Å². The highest BCUT2D eigenvalue weighted by Gasteiger charge is 2.30. The lowest BCUT2D eigenvalue weighted by Crippen LogP contribution is -2.38. The summed E-state index contributed by atoms with van der Waals surface area (Å²) in [5.41, 5.74) is 1.12. The maximum Gasteiger partial charge on any atom is 0.246 e. The lowest BCUT2D eigenvalue weighted by molar-refractivity contribution is -0.121. The Balaban J connectivity index is 2.00. The molecule has 0 saturated heterocycles. The number of nitrogens with one attached hydrogen (secondary N) is 3. The smallest absolute Gasteiger partial charge is 0.246 e. The molecule has 1 aromatic carbocycles. The van der Waals surface area contributed by atoms with Crippen LogP contribution in [0, 0.1) is 5.82 Å². The molecule has 1 aromatic rings. The predicted octanol–water partition coefficient (Wildman–Crippen LogP) is 0.935. The van der Waals surface area contributed by atoms with Gasteiger partial charge in [-0.3, -0.25) is 14.9 Å². The van der Waals surface area contributed by atoms with E-state index in [1.165, 1.54) is 18.2 Å². The van der Waals surface area contributed by atoms with Crippen LogP contribution in [0.15, 0.2) is 18.2 Å². The Labute approximate surface area is 110 Å². The van der Waals surface area contributed by atoms with Gasteiger partial charge in [-0.25, -0.2) is 4.39 Å². The summed E-state index contributed by atoms with van der Waals surface area (Å²) in [5.74, 6) is -0.860. The largest absolute Gasteiger partial charge is 0.355 e. The molecule has 6 heteroatoms. The predicted molar refractivity (Wildman–Crippen MR) is 69.1 cm³/mol. The van der Waals surface area contributed by atoms with Crippen molar-refractivity contribution >= 4 is 17.5 Å². The molecule has 102 valence electrons. The van der Waals surface area contributed by atoms with E-state index in [-0.39, 0.29) is 18.4 Å². The highest BCUT2D eigenvalue weighted by atomic mass is 19.1. The zero-order chi connectivity index (χ0) is 13.8. The van der Waals surface area contributed by atoms with E-state index < -0.39 is 11.9 Å². The Morgan fingerprint density at radius 1 is 1.47 bits per heavy atom. The summed E-state index contributed by atoms with van der Waals surface area (Å²) in [5, 5.41) is 8.17. The molecule has 19 heavy (non-hydrogen) atoms. The lowest BCUT2D eigenvalue weighted by atomic mass is 10.1. The summed E-state index contributed by atoms with van der Waals surface area (Å²) in [4.78, 5) is 23.2. The van der Waals surface area contributed by atoms with Gasteiger partial charge in [0.15, 0.2) is 0 Å². The Kier molecular flexibility index (Phi) is 4.11. The van der Waals surface area contributed by atoms with Crippen LogP contribution in [0.25, 0.3) is 0 Å². The first-order chi connectivity index (χ1) is 9.11. The SMILES string of the molecule is CCCNC(=O)CNC1C(=O)Nc2ccc(F)cc21. The summed E-state index contributed by atoms with van der Waals surface area (Å²) in [6, 6.07) is 3.42. The van der Waals surface area contributed by atoms with Crippen LogP contribution in [0.2, 0.25) is 0 Å². The van der Waals surface area contributed by atoms with E-state index in [2.05, 4.69) is 16.0 Å². The first-order valence-corrected chi connectivity index (χ1v) is 6.22. The molecular weight excluding hydrogens is 249 g/mol. The van der Waals surface area contributed by atoms with Crippen molar-refractivity contribution in [3.05, 3.63) is 29.6 Å². The van der Waals surface area contributed by atoms with E-state index in [0.717, 1.165) is 6.42 Å². The fraction of sp³-hybridized carbons (Fsp3) is 0.385. The molecule has 1 aliphatic heterocycles. The van der Waals surface area contributed by atoms with Crippen LogP contribution in [0.5, 0.6) is 0 Å². The third-order valence-corrected chi connectivity index (χ3v) is 2.88. The van der Waals surface area contributed by atoms with Gasteiger partial charge in [0.2, 0.25) is 11.8 Å². The van der Waals surface area contributed by atoms with Gasteiger partial charge in [-0.1, -0.05) is 6.92 Å². The maximum atomic E-state index is 13.2. The minimum Gasteiger partial charge on any atom is -0.355 e. The van der Waals surface area contributed by atoms with Gasteiger partial charge in [0.05, 0.1) is 6.54 Å². The second-order valence-corrected chi connectivity index (χ2v) is 4.38. The number of carbonyl (C=O) groups excluding carboxylic acids is 2. The Hall–Kier alpha value is -1.95. The number of halogens is 1. The topological polar surface area (TPSA) is 70.2 Å². The minimum atomic E-state index is -0.682. The van der Waals surface area contributed by atoms with Gasteiger partial charge in [0, 0.05) is 17.8 Å². The van der Waals surface area contributed by atoms with E-state index >= 15 is 0 Å². The molecule has 2 rings (SSSR count). The second-order valence-electron chi connectivity index (χ2n) is 4.38. The molecule has 3 N–H and O–H groups in total. The summed E-state index contributed by atoms with van der Waals surface area (Å²) in [6.07, 6.45) is 0.851. The molecule has 0 aliphatic carbocycles. The average Bonchev–Trinajstić information content (AvgIpc) is 2.69. The Morgan fingerprint density at radius 2 is 2.26 bits per heavy atom. The fourth-order valence-electron chi connectivity index (χ4n) is 1.96. The standard InChI is InChI=1S/C13H16FN3O2/c1-2-5-15-11(18)7-16-12-9-6-8(14)3-4-10(9)17-13(12)19/h3-4,6,12,16H,2,5,7H2,1H3,(H,15,18)(H,17,19). The molecule has 5 nitrogen and oxygen atoms in total. The molecule has 1 heterocycles. The van der Waals surface area contributed by atoms with Crippen LogP contribution in [0.1, 0.15) is 24.9 Å². The fourth-order valence-corrected chi connectivity index (χ4v) is 1.96. The van der Waals surface area contributed by atoms with Gasteiger partial charge in [-0.15, -0.1) is 0 Å². The second kappa shape index (κ2) is 5.79. The van der Waals surface area contributed by atoms with Crippen molar-refractivity contribution in [1.82, 2.24) is 10.6 Å². The molecule has 2 amide bonds. The average molecular weight is 265 g/mol. The maximum absolute atomic E-state index is 13.2. The van der Waals surface area contributed by atoms with E-state index in [1.54, 1.807) is 0 Å². The number of anilines is 1. The first kappa shape index (κ1) is 13.5. The van der Waals surface area contributed by atoms with Crippen LogP contribution in [-0.2, 0) is 9.59 Å². The van der Waals surface area contributed by atoms with Crippen LogP contribution in [-0.4, -0.2) is 24.9 Å². The number of fused-ring (bicyclic) bond motifs is 1. The molecule has 1 aliphatic rings. The Bertz CT molecular complexity index is 505. The van der Waals surface area contributed by atoms with Crippen LogP contribution in [0.4, 0.5) is 10.1 Å². The molecule has 0 radical (unpaired) electrons. The monoisotopic (exact) mass is 265 g/mol. The van der Waals surface area contributed by atoms with Crippen molar-refractivity contribution in [2.45, 2.75) is 19.4 Å². The van der Waals surface area contributed by atoms with Crippen molar-refractivity contribution < 1.29 is 14.0 Å². The lowest BCUT2D eigenvalue weighted by Gasteiger charge is -2.11. The van der Waals surface area contributed by atoms with Gasteiger partial charge in [0.1, 0.15) is 11.9 Å². The van der Waals surface area contributed by atoms with Crippen molar-refractivity contribution in [1.29, 1.82) is 0 Å². The first-order valence-electron chi connectivity index (χ1n) is 6.22. The molecule has 0 spiro atoms. The van der Waals surface area contributed by atoms with E-state index in [4.69, 9.17) is 0 Å². The quantitative estimate of drug-likeness (QED) is 0.742. The third-order valence-electron chi connectivity index (χ3n) is 2.88. The molecule has 0 fully saturated rings. The van der Waals surface area contributed by atoms with Gasteiger partial charge in [0.25, 0.3) is 0 Å². The van der Waals surface area contributed by atoms with Crippen LogP contribution >= 0.6 is 0 Å². The zero-order valence-electron chi connectivity index (χ0n) is 10.6. The zero-order valence-corrected chi connectivity index (χ0v) is 10.6. The van der Waals surface area contributed by atoms with Crippen molar-refractivity contribution in [3.8, 4) is 0 Å². The normalized spacial score (nSPS) is 16.9. The number of hydrogen-bond acceptors (Lipinski definition) is 3. The van der Waals surface area contributed by atoms with E-state index in [1.807, 2.05) is 6.92 Å². The highest BCUT2D eigenvalue weighted by molar-refractivity contribution is 6.02. The summed E-state index contributed by atoms with van der Waals surface area (Å²) in [7, 11) is 0. The van der Waals surface area contributed by atoms with Gasteiger partial charge in [-0.05, 0) is 24.6 Å². The molecule has 1 unspecified atom stereocenters. The summed E-state index contributed by atoms with van der Waals surface area (Å²) < 4.78 is 13.2. The number of rotatable bonds is 5. The van der Waals surface area contributed by atoms with E-state index in [9.17, 15) is 14.0 Å². The van der Waals surface area contributed by atoms with Gasteiger partial charge >= 0.3 is 0 Å². The minimum absolute atomic E-state index is 0.0219. The number of hydrogen-bond donors (Lipinski definition) is 3.